The monoisotopic (exact) mass is 417 g/mol. The Bertz CT molecular complexity index is 657. The summed E-state index contributed by atoms with van der Waals surface area (Å²) in [5, 5.41) is 0. The van der Waals surface area contributed by atoms with Gasteiger partial charge in [-0.15, -0.1) is 0 Å². The third-order valence-electron chi connectivity index (χ3n) is 4.87. The highest BCUT2D eigenvalue weighted by atomic mass is 16.5. The summed E-state index contributed by atoms with van der Waals surface area (Å²) < 4.78 is 5.58. The van der Waals surface area contributed by atoms with Crippen LogP contribution in [-0.2, 0) is 4.74 Å². The average Bonchev–Trinajstić information content (AvgIpc) is 2.95. The summed E-state index contributed by atoms with van der Waals surface area (Å²) in [5.41, 5.74) is 5.38. The van der Waals surface area contributed by atoms with Crippen molar-refractivity contribution in [2.24, 2.45) is 10.4 Å². The lowest BCUT2D eigenvalue weighted by atomic mass is 9.87. The van der Waals surface area contributed by atoms with Crippen molar-refractivity contribution in [3.8, 4) is 0 Å². The second-order valence-corrected chi connectivity index (χ2v) is 8.65. The Morgan fingerprint density at radius 2 is 1.80 bits per heavy atom. The largest absolute Gasteiger partial charge is 0.380 e. The minimum Gasteiger partial charge on any atom is -0.380 e. The molecule has 1 aromatic heterocycles. The first kappa shape index (κ1) is 28.5. The van der Waals surface area contributed by atoms with Crippen LogP contribution in [0.25, 0.3) is 6.08 Å². The topological polar surface area (TPSA) is 47.4 Å². The van der Waals surface area contributed by atoms with E-state index in [1.54, 1.807) is 0 Å². The van der Waals surface area contributed by atoms with Crippen LogP contribution in [0.4, 0.5) is 0 Å². The van der Waals surface area contributed by atoms with E-state index >= 15 is 0 Å². The van der Waals surface area contributed by atoms with Gasteiger partial charge in [0.1, 0.15) is 5.69 Å². The number of nitrogens with zero attached hydrogens (tertiary/aromatic N) is 3. The van der Waals surface area contributed by atoms with Gasteiger partial charge in [-0.3, -0.25) is 9.98 Å². The quantitative estimate of drug-likeness (QED) is 0.500. The summed E-state index contributed by atoms with van der Waals surface area (Å²) in [7, 11) is 0. The van der Waals surface area contributed by atoms with Crippen LogP contribution >= 0.6 is 0 Å². The Hall–Kier alpha value is -1.55. The SMILES string of the molecule is CC.CCC.CCOCC1CCCCC(c2cnc(/C=C(\C)C(C)(C)C)c(C)n2)=N1. The summed E-state index contributed by atoms with van der Waals surface area (Å²) in [5.74, 6) is 0. The van der Waals surface area contributed by atoms with E-state index in [0.29, 0.717) is 6.61 Å². The van der Waals surface area contributed by atoms with Gasteiger partial charge in [0.25, 0.3) is 0 Å². The fourth-order valence-corrected chi connectivity index (χ4v) is 2.78. The van der Waals surface area contributed by atoms with Crippen molar-refractivity contribution in [3.05, 3.63) is 28.9 Å². The maximum Gasteiger partial charge on any atom is 0.103 e. The van der Waals surface area contributed by atoms with Crippen LogP contribution in [0, 0.1) is 12.3 Å². The smallest absolute Gasteiger partial charge is 0.103 e. The molecule has 0 saturated carbocycles. The second-order valence-electron chi connectivity index (χ2n) is 8.65. The number of hydrogen-bond acceptors (Lipinski definition) is 4. The molecule has 0 fully saturated rings. The molecule has 0 N–H and O–H groups in total. The summed E-state index contributed by atoms with van der Waals surface area (Å²) in [4.78, 5) is 14.4. The molecular formula is C26H47N3O. The van der Waals surface area contributed by atoms with Gasteiger partial charge in [0.05, 0.1) is 35.9 Å². The molecule has 0 bridgehead atoms. The van der Waals surface area contributed by atoms with Crippen molar-refractivity contribution in [3.63, 3.8) is 0 Å². The van der Waals surface area contributed by atoms with E-state index in [9.17, 15) is 0 Å². The highest BCUT2D eigenvalue weighted by molar-refractivity contribution is 5.99. The lowest BCUT2D eigenvalue weighted by Crippen LogP contribution is -2.15. The molecule has 1 aliphatic heterocycles. The maximum atomic E-state index is 5.58. The molecule has 30 heavy (non-hydrogen) atoms. The lowest BCUT2D eigenvalue weighted by Gasteiger charge is -2.19. The fraction of sp³-hybridized carbons (Fsp3) is 0.731. The molecular weight excluding hydrogens is 370 g/mol. The minimum absolute atomic E-state index is 0.144. The molecule has 1 aromatic rings. The molecule has 0 spiro atoms. The van der Waals surface area contributed by atoms with Crippen LogP contribution < -0.4 is 0 Å². The standard InChI is InChI=1S/C21H33N3O.C3H8.C2H6/c1-7-25-14-17-10-8-9-11-18(24-17)20-13-22-19(16(3)23-20)12-15(2)21(4,5)6;1-3-2;1-2/h12-13,17H,7-11,14H2,1-6H3;3H2,1-2H3;1-2H3/b15-12+;;. The Labute approximate surface area is 186 Å². The molecule has 0 amide bonds. The number of allylic oxidation sites excluding steroid dienone is 1. The van der Waals surface area contributed by atoms with Crippen molar-refractivity contribution in [1.29, 1.82) is 0 Å². The van der Waals surface area contributed by atoms with Gasteiger partial charge in [-0.1, -0.05) is 66.9 Å². The number of aryl methyl sites for hydroxylation is 1. The molecule has 0 saturated heterocycles. The van der Waals surface area contributed by atoms with Gasteiger partial charge in [0.15, 0.2) is 0 Å². The summed E-state index contributed by atoms with van der Waals surface area (Å²) >= 11 is 0. The van der Waals surface area contributed by atoms with Crippen molar-refractivity contribution in [1.82, 2.24) is 9.97 Å². The number of aliphatic imine (C=N–C) groups is 1. The first-order valence-corrected chi connectivity index (χ1v) is 11.9. The Balaban J connectivity index is 0.00000154. The van der Waals surface area contributed by atoms with Gasteiger partial charge < -0.3 is 4.74 Å². The average molecular weight is 418 g/mol. The normalized spacial score (nSPS) is 17.1. The number of rotatable bonds is 5. The molecule has 0 aliphatic carbocycles. The first-order chi connectivity index (χ1) is 14.2. The third-order valence-corrected chi connectivity index (χ3v) is 4.87. The molecule has 2 heterocycles. The second kappa shape index (κ2) is 15.3. The lowest BCUT2D eigenvalue weighted by molar-refractivity contribution is 0.131. The highest BCUT2D eigenvalue weighted by Crippen LogP contribution is 2.26. The molecule has 2 rings (SSSR count). The van der Waals surface area contributed by atoms with E-state index in [1.807, 2.05) is 33.9 Å². The molecule has 1 unspecified atom stereocenters. The minimum atomic E-state index is 0.144. The van der Waals surface area contributed by atoms with Crippen LogP contribution in [-0.4, -0.2) is 34.9 Å². The van der Waals surface area contributed by atoms with Crippen LogP contribution in [0.3, 0.4) is 0 Å². The fourth-order valence-electron chi connectivity index (χ4n) is 2.78. The van der Waals surface area contributed by atoms with Gasteiger partial charge in [0, 0.05) is 6.61 Å². The maximum absolute atomic E-state index is 5.58. The van der Waals surface area contributed by atoms with Crippen LogP contribution in [0.2, 0.25) is 0 Å². The van der Waals surface area contributed by atoms with E-state index in [2.05, 4.69) is 52.6 Å². The molecule has 4 nitrogen and oxygen atoms in total. The van der Waals surface area contributed by atoms with Crippen LogP contribution in [0.15, 0.2) is 16.8 Å². The van der Waals surface area contributed by atoms with Gasteiger partial charge >= 0.3 is 0 Å². The predicted molar refractivity (Wildman–Crippen MR) is 132 cm³/mol. The number of ether oxygens (including phenoxy) is 1. The van der Waals surface area contributed by atoms with Crippen molar-refractivity contribution in [2.75, 3.05) is 13.2 Å². The van der Waals surface area contributed by atoms with E-state index < -0.39 is 0 Å². The van der Waals surface area contributed by atoms with E-state index in [0.717, 1.165) is 48.7 Å². The van der Waals surface area contributed by atoms with Crippen LogP contribution in [0.5, 0.6) is 0 Å². The number of aromatic nitrogens is 2. The van der Waals surface area contributed by atoms with Crippen molar-refractivity contribution in [2.45, 2.75) is 107 Å². The Morgan fingerprint density at radius 3 is 2.33 bits per heavy atom. The first-order valence-electron chi connectivity index (χ1n) is 11.9. The molecule has 4 heteroatoms. The molecule has 0 radical (unpaired) electrons. The van der Waals surface area contributed by atoms with E-state index in [4.69, 9.17) is 14.7 Å². The predicted octanol–water partition coefficient (Wildman–Crippen LogP) is 7.45. The van der Waals surface area contributed by atoms with Crippen molar-refractivity contribution < 1.29 is 4.74 Å². The van der Waals surface area contributed by atoms with Gasteiger partial charge in [-0.25, -0.2) is 4.98 Å². The summed E-state index contributed by atoms with van der Waals surface area (Å²) in [6.45, 7) is 22.6. The molecule has 1 aliphatic rings. The van der Waals surface area contributed by atoms with Crippen LogP contribution in [0.1, 0.15) is 111 Å². The van der Waals surface area contributed by atoms with E-state index in [-0.39, 0.29) is 11.5 Å². The zero-order chi connectivity index (χ0) is 23.2. The molecule has 0 aromatic carbocycles. The molecule has 1 atom stereocenters. The summed E-state index contributed by atoms with van der Waals surface area (Å²) in [6, 6.07) is 0.252. The zero-order valence-electron chi connectivity index (χ0n) is 21.4. The Morgan fingerprint density at radius 1 is 1.17 bits per heavy atom. The van der Waals surface area contributed by atoms with Gasteiger partial charge in [-0.05, 0) is 51.5 Å². The zero-order valence-corrected chi connectivity index (χ0v) is 21.4. The van der Waals surface area contributed by atoms with Gasteiger partial charge in [-0.2, -0.15) is 0 Å². The summed E-state index contributed by atoms with van der Waals surface area (Å²) in [6.07, 6.45) is 9.72. The third kappa shape index (κ3) is 10.5. The van der Waals surface area contributed by atoms with Crippen molar-refractivity contribution >= 4 is 11.8 Å². The van der Waals surface area contributed by atoms with E-state index in [1.165, 1.54) is 18.4 Å². The van der Waals surface area contributed by atoms with Gasteiger partial charge in [0.2, 0.25) is 0 Å². The Kier molecular flexibility index (Phi) is 14.5. The molecule has 172 valence electrons. The highest BCUT2D eigenvalue weighted by Gasteiger charge is 2.17. The number of hydrogen-bond donors (Lipinski definition) is 0.